The zero-order chi connectivity index (χ0) is 14.3. The van der Waals surface area contributed by atoms with E-state index < -0.39 is 0 Å². The fourth-order valence-corrected chi connectivity index (χ4v) is 1.96. The molecule has 0 saturated heterocycles. The van der Waals surface area contributed by atoms with Crippen LogP contribution in [0.2, 0.25) is 0 Å². The van der Waals surface area contributed by atoms with Gasteiger partial charge in [-0.25, -0.2) is 0 Å². The number of nitrogens with two attached hydrogens (primary N) is 1. The average Bonchev–Trinajstić information content (AvgIpc) is 2.38. The molecule has 0 aromatic heterocycles. The van der Waals surface area contributed by atoms with Crippen LogP contribution in [-0.4, -0.2) is 0 Å². The Balaban J connectivity index is 3.19. The molecule has 0 aliphatic heterocycles. The Labute approximate surface area is 117 Å². The maximum absolute atomic E-state index is 5.75. The van der Waals surface area contributed by atoms with Crippen molar-refractivity contribution in [2.75, 3.05) is 5.73 Å². The minimum absolute atomic E-state index is 0.536. The molecule has 102 valence electrons. The number of anilines is 1. The Morgan fingerprint density at radius 3 is 2.32 bits per heavy atom. The van der Waals surface area contributed by atoms with Crippen molar-refractivity contribution in [2.45, 2.75) is 34.1 Å². The van der Waals surface area contributed by atoms with E-state index in [2.05, 4.69) is 57.2 Å². The summed E-state index contributed by atoms with van der Waals surface area (Å²) in [6.45, 7) is 8.68. The van der Waals surface area contributed by atoms with Gasteiger partial charge in [0.25, 0.3) is 0 Å². The van der Waals surface area contributed by atoms with Gasteiger partial charge in [0, 0.05) is 5.69 Å². The lowest BCUT2D eigenvalue weighted by Crippen LogP contribution is -1.93. The van der Waals surface area contributed by atoms with Crippen molar-refractivity contribution in [1.82, 2.24) is 0 Å². The van der Waals surface area contributed by atoms with Gasteiger partial charge in [0.15, 0.2) is 0 Å². The summed E-state index contributed by atoms with van der Waals surface area (Å²) in [6.07, 6.45) is 9.86. The molecular weight excluding hydrogens is 230 g/mol. The third kappa shape index (κ3) is 4.78. The average molecular weight is 255 g/mol. The molecule has 0 saturated carbocycles. The smallest absolute Gasteiger partial charge is 0.0314 e. The number of hydrogen-bond acceptors (Lipinski definition) is 1. The second-order valence-electron chi connectivity index (χ2n) is 4.99. The predicted octanol–water partition coefficient (Wildman–Crippen LogP) is 5.22. The lowest BCUT2D eigenvalue weighted by molar-refractivity contribution is 0.786. The van der Waals surface area contributed by atoms with Crippen LogP contribution < -0.4 is 5.73 Å². The van der Waals surface area contributed by atoms with Gasteiger partial charge in [-0.2, -0.15) is 0 Å². The lowest BCUT2D eigenvalue weighted by Gasteiger charge is -2.10. The molecule has 0 radical (unpaired) electrons. The molecule has 1 aromatic rings. The Morgan fingerprint density at radius 1 is 1.21 bits per heavy atom. The number of hydrogen-bond donors (Lipinski definition) is 1. The lowest BCUT2D eigenvalue weighted by atomic mass is 9.96. The zero-order valence-corrected chi connectivity index (χ0v) is 12.5. The van der Waals surface area contributed by atoms with E-state index in [-0.39, 0.29) is 0 Å². The third-order valence-corrected chi connectivity index (χ3v) is 3.02. The summed E-state index contributed by atoms with van der Waals surface area (Å²) >= 11 is 0. The highest BCUT2D eigenvalue weighted by molar-refractivity contribution is 5.76. The normalized spacial score (nSPS) is 13.5. The summed E-state index contributed by atoms with van der Waals surface area (Å²) in [5, 5.41) is 0. The van der Waals surface area contributed by atoms with Crippen molar-refractivity contribution in [3.8, 4) is 0 Å². The van der Waals surface area contributed by atoms with Gasteiger partial charge >= 0.3 is 0 Å². The van der Waals surface area contributed by atoms with Crippen molar-refractivity contribution in [1.29, 1.82) is 0 Å². The van der Waals surface area contributed by atoms with E-state index in [0.29, 0.717) is 5.92 Å². The first-order valence-corrected chi connectivity index (χ1v) is 6.98. The van der Waals surface area contributed by atoms with Crippen LogP contribution in [0.25, 0.3) is 5.57 Å². The van der Waals surface area contributed by atoms with Crippen molar-refractivity contribution in [2.24, 2.45) is 5.92 Å². The number of nitrogen functional groups attached to an aromatic ring is 1. The van der Waals surface area contributed by atoms with Crippen molar-refractivity contribution >= 4 is 11.3 Å². The summed E-state index contributed by atoms with van der Waals surface area (Å²) in [5.41, 5.74) is 10.4. The molecule has 1 aromatic carbocycles. The molecule has 0 bridgehead atoms. The Kier molecular flexibility index (Phi) is 6.14. The fraction of sp³-hybridized carbons (Fsp3) is 0.333. The van der Waals surface area contributed by atoms with Gasteiger partial charge in [-0.1, -0.05) is 57.2 Å². The van der Waals surface area contributed by atoms with Crippen LogP contribution in [0.5, 0.6) is 0 Å². The van der Waals surface area contributed by atoms with Crippen molar-refractivity contribution < 1.29 is 0 Å². The quantitative estimate of drug-likeness (QED) is 0.566. The highest BCUT2D eigenvalue weighted by Crippen LogP contribution is 2.23. The van der Waals surface area contributed by atoms with Crippen LogP contribution in [0.4, 0.5) is 5.69 Å². The van der Waals surface area contributed by atoms with Gasteiger partial charge in [0.1, 0.15) is 0 Å². The second kappa shape index (κ2) is 7.63. The van der Waals surface area contributed by atoms with Crippen LogP contribution in [0.15, 0.2) is 54.1 Å². The summed E-state index contributed by atoms with van der Waals surface area (Å²) in [4.78, 5) is 0. The van der Waals surface area contributed by atoms with Crippen molar-refractivity contribution in [3.05, 3.63) is 59.7 Å². The minimum atomic E-state index is 0.536. The topological polar surface area (TPSA) is 26.0 Å². The molecule has 1 nitrogen and oxygen atoms in total. The maximum atomic E-state index is 5.75. The summed E-state index contributed by atoms with van der Waals surface area (Å²) < 4.78 is 0. The highest BCUT2D eigenvalue weighted by atomic mass is 14.5. The van der Waals surface area contributed by atoms with E-state index in [0.717, 1.165) is 12.1 Å². The molecule has 0 amide bonds. The first-order valence-electron chi connectivity index (χ1n) is 6.98. The molecule has 2 N–H and O–H groups in total. The van der Waals surface area contributed by atoms with Gasteiger partial charge < -0.3 is 5.73 Å². The zero-order valence-electron chi connectivity index (χ0n) is 12.5. The van der Waals surface area contributed by atoms with Crippen LogP contribution in [0, 0.1) is 5.92 Å². The monoisotopic (exact) mass is 255 g/mol. The van der Waals surface area contributed by atoms with E-state index in [4.69, 9.17) is 5.73 Å². The van der Waals surface area contributed by atoms with Crippen LogP contribution in [0.1, 0.15) is 39.7 Å². The number of benzene rings is 1. The first-order chi connectivity index (χ1) is 9.08. The van der Waals surface area contributed by atoms with Gasteiger partial charge in [-0.15, -0.1) is 0 Å². The first kappa shape index (κ1) is 15.3. The maximum Gasteiger partial charge on any atom is 0.0314 e. The molecule has 0 fully saturated rings. The second-order valence-corrected chi connectivity index (χ2v) is 4.99. The summed E-state index contributed by atoms with van der Waals surface area (Å²) in [7, 11) is 0. The minimum Gasteiger partial charge on any atom is -0.399 e. The van der Waals surface area contributed by atoms with Gasteiger partial charge in [-0.05, 0) is 48.1 Å². The van der Waals surface area contributed by atoms with Gasteiger partial charge in [0.05, 0.1) is 0 Å². The van der Waals surface area contributed by atoms with E-state index in [1.165, 1.54) is 16.7 Å². The van der Waals surface area contributed by atoms with Crippen LogP contribution in [0.3, 0.4) is 0 Å². The molecule has 0 spiro atoms. The molecule has 0 unspecified atom stereocenters. The Hall–Kier alpha value is -1.76. The molecule has 19 heavy (non-hydrogen) atoms. The standard InChI is InChI=1S/C18H25N/c1-5-7-16(14(3)4)13-17(8-6-2)15-9-11-18(19)12-10-15/h6-14H,5,19H2,1-4H3/b8-6-,16-7-,17-13+. The molecular formula is C18H25N. The van der Waals surface area contributed by atoms with Gasteiger partial charge in [0.2, 0.25) is 0 Å². The van der Waals surface area contributed by atoms with E-state index >= 15 is 0 Å². The van der Waals surface area contributed by atoms with Crippen LogP contribution >= 0.6 is 0 Å². The van der Waals surface area contributed by atoms with E-state index in [1.807, 2.05) is 19.1 Å². The third-order valence-electron chi connectivity index (χ3n) is 3.02. The highest BCUT2D eigenvalue weighted by Gasteiger charge is 2.03. The van der Waals surface area contributed by atoms with Gasteiger partial charge in [-0.3, -0.25) is 0 Å². The molecule has 0 heterocycles. The molecule has 0 aliphatic rings. The molecule has 0 atom stereocenters. The number of rotatable bonds is 5. The van der Waals surface area contributed by atoms with E-state index in [1.54, 1.807) is 0 Å². The Bertz CT molecular complexity index is 473. The Morgan fingerprint density at radius 2 is 1.84 bits per heavy atom. The van der Waals surface area contributed by atoms with Crippen molar-refractivity contribution in [3.63, 3.8) is 0 Å². The predicted molar refractivity (Wildman–Crippen MR) is 86.9 cm³/mol. The largest absolute Gasteiger partial charge is 0.399 e. The summed E-state index contributed by atoms with van der Waals surface area (Å²) in [6, 6.07) is 8.05. The molecule has 0 aliphatic carbocycles. The number of allylic oxidation sites excluding steroid dienone is 6. The fourth-order valence-electron chi connectivity index (χ4n) is 1.96. The van der Waals surface area contributed by atoms with Crippen LogP contribution in [-0.2, 0) is 0 Å². The molecule has 1 rings (SSSR count). The SMILES string of the molecule is C\C=C/C(=C\C(=C\CC)C(C)C)c1ccc(N)cc1. The van der Waals surface area contributed by atoms with E-state index in [9.17, 15) is 0 Å². The summed E-state index contributed by atoms with van der Waals surface area (Å²) in [5.74, 6) is 0.536. The molecule has 1 heteroatoms.